The van der Waals surface area contributed by atoms with Gasteiger partial charge in [-0.1, -0.05) is 58.8 Å². The predicted octanol–water partition coefficient (Wildman–Crippen LogP) is 4.92. The minimum Gasteiger partial charge on any atom is -0.378 e. The van der Waals surface area contributed by atoms with E-state index in [0.717, 1.165) is 19.1 Å². The Hall–Kier alpha value is -0.0800. The molecule has 0 aromatic heterocycles. The molecule has 0 amide bonds. The smallest absolute Gasteiger partial charge is 0.0551 e. The van der Waals surface area contributed by atoms with Crippen LogP contribution in [0.3, 0.4) is 0 Å². The Labute approximate surface area is 127 Å². The Morgan fingerprint density at radius 2 is 1.70 bits per heavy atom. The van der Waals surface area contributed by atoms with Crippen LogP contribution >= 0.6 is 0 Å². The van der Waals surface area contributed by atoms with Gasteiger partial charge in [0.1, 0.15) is 0 Å². The fourth-order valence-electron chi connectivity index (χ4n) is 3.29. The minimum absolute atomic E-state index is 0.472. The lowest BCUT2D eigenvalue weighted by Crippen LogP contribution is -2.37. The number of hydrogen-bond donors (Lipinski definition) is 1. The number of ether oxygens (including phenoxy) is 1. The van der Waals surface area contributed by atoms with Crippen LogP contribution in [-0.2, 0) is 4.74 Å². The van der Waals surface area contributed by atoms with Crippen molar-refractivity contribution in [2.45, 2.75) is 97.1 Å². The number of nitrogens with one attached hydrogen (secondary N) is 1. The average molecular weight is 284 g/mol. The van der Waals surface area contributed by atoms with E-state index in [0.29, 0.717) is 12.1 Å². The third-order valence-corrected chi connectivity index (χ3v) is 4.57. The van der Waals surface area contributed by atoms with E-state index in [1.165, 1.54) is 64.2 Å². The van der Waals surface area contributed by atoms with Gasteiger partial charge in [-0.05, 0) is 32.7 Å². The van der Waals surface area contributed by atoms with Crippen LogP contribution in [0.2, 0.25) is 0 Å². The molecule has 3 unspecified atom stereocenters. The minimum atomic E-state index is 0.472. The van der Waals surface area contributed by atoms with Crippen molar-refractivity contribution < 1.29 is 4.74 Å². The molecule has 1 fully saturated rings. The maximum atomic E-state index is 5.76. The zero-order valence-corrected chi connectivity index (χ0v) is 14.1. The highest BCUT2D eigenvalue weighted by Gasteiger charge is 2.28. The summed E-state index contributed by atoms with van der Waals surface area (Å²) in [5.74, 6) is 0.747. The SMILES string of the molecule is CCCCCCCCCC(NCCC)C1COC(C)C1. The lowest BCUT2D eigenvalue weighted by atomic mass is 9.92. The van der Waals surface area contributed by atoms with Gasteiger partial charge in [0.25, 0.3) is 0 Å². The van der Waals surface area contributed by atoms with Gasteiger partial charge in [0.15, 0.2) is 0 Å². The van der Waals surface area contributed by atoms with E-state index in [4.69, 9.17) is 4.74 Å². The monoisotopic (exact) mass is 283 g/mol. The summed E-state index contributed by atoms with van der Waals surface area (Å²) in [6.45, 7) is 8.88. The van der Waals surface area contributed by atoms with E-state index in [2.05, 4.69) is 26.1 Å². The summed E-state index contributed by atoms with van der Waals surface area (Å²) in [6, 6.07) is 0.690. The normalized spacial score (nSPS) is 24.1. The first-order chi connectivity index (χ1) is 9.77. The molecule has 1 saturated heterocycles. The lowest BCUT2D eigenvalue weighted by Gasteiger charge is -2.24. The van der Waals surface area contributed by atoms with Gasteiger partial charge < -0.3 is 10.1 Å². The highest BCUT2D eigenvalue weighted by Crippen LogP contribution is 2.25. The van der Waals surface area contributed by atoms with E-state index in [1.54, 1.807) is 0 Å². The molecule has 1 aliphatic heterocycles. The van der Waals surface area contributed by atoms with E-state index in [-0.39, 0.29) is 0 Å². The number of unbranched alkanes of at least 4 members (excludes halogenated alkanes) is 6. The molecule has 0 aliphatic carbocycles. The molecule has 2 nitrogen and oxygen atoms in total. The second kappa shape index (κ2) is 11.6. The molecular weight excluding hydrogens is 246 g/mol. The molecular formula is C18H37NO. The van der Waals surface area contributed by atoms with Crippen molar-refractivity contribution in [3.63, 3.8) is 0 Å². The summed E-state index contributed by atoms with van der Waals surface area (Å²) in [5.41, 5.74) is 0. The van der Waals surface area contributed by atoms with Crippen LogP contribution in [0.5, 0.6) is 0 Å². The molecule has 3 atom stereocenters. The zero-order valence-electron chi connectivity index (χ0n) is 14.1. The molecule has 120 valence electrons. The van der Waals surface area contributed by atoms with Crippen LogP contribution in [0.1, 0.15) is 85.0 Å². The number of hydrogen-bond acceptors (Lipinski definition) is 2. The Morgan fingerprint density at radius 1 is 1.00 bits per heavy atom. The van der Waals surface area contributed by atoms with Crippen molar-refractivity contribution in [1.29, 1.82) is 0 Å². The van der Waals surface area contributed by atoms with Crippen molar-refractivity contribution in [2.75, 3.05) is 13.2 Å². The summed E-state index contributed by atoms with van der Waals surface area (Å²) < 4.78 is 5.76. The van der Waals surface area contributed by atoms with Gasteiger partial charge in [-0.3, -0.25) is 0 Å². The lowest BCUT2D eigenvalue weighted by molar-refractivity contribution is 0.116. The van der Waals surface area contributed by atoms with Gasteiger partial charge in [-0.15, -0.1) is 0 Å². The Morgan fingerprint density at radius 3 is 2.30 bits per heavy atom. The summed E-state index contributed by atoms with van der Waals surface area (Å²) in [4.78, 5) is 0. The maximum Gasteiger partial charge on any atom is 0.0551 e. The van der Waals surface area contributed by atoms with Crippen molar-refractivity contribution >= 4 is 0 Å². The van der Waals surface area contributed by atoms with Gasteiger partial charge in [0.05, 0.1) is 12.7 Å². The summed E-state index contributed by atoms with van der Waals surface area (Å²) in [6.07, 6.45) is 14.2. The molecule has 0 aromatic carbocycles. The second-order valence-corrected chi connectivity index (χ2v) is 6.61. The fourth-order valence-corrected chi connectivity index (χ4v) is 3.29. The molecule has 2 heteroatoms. The highest BCUT2D eigenvalue weighted by molar-refractivity contribution is 4.82. The van der Waals surface area contributed by atoms with E-state index < -0.39 is 0 Å². The van der Waals surface area contributed by atoms with Crippen LogP contribution < -0.4 is 5.32 Å². The first-order valence-corrected chi connectivity index (χ1v) is 9.12. The predicted molar refractivity (Wildman–Crippen MR) is 88.2 cm³/mol. The summed E-state index contributed by atoms with van der Waals surface area (Å²) >= 11 is 0. The molecule has 0 spiro atoms. The van der Waals surface area contributed by atoms with Gasteiger partial charge in [0.2, 0.25) is 0 Å². The van der Waals surface area contributed by atoms with Crippen LogP contribution in [0.4, 0.5) is 0 Å². The third-order valence-electron chi connectivity index (χ3n) is 4.57. The van der Waals surface area contributed by atoms with E-state index >= 15 is 0 Å². The van der Waals surface area contributed by atoms with Gasteiger partial charge in [-0.25, -0.2) is 0 Å². The van der Waals surface area contributed by atoms with E-state index in [9.17, 15) is 0 Å². The highest BCUT2D eigenvalue weighted by atomic mass is 16.5. The first-order valence-electron chi connectivity index (χ1n) is 9.12. The molecule has 0 saturated carbocycles. The molecule has 1 heterocycles. The third kappa shape index (κ3) is 7.64. The van der Waals surface area contributed by atoms with Gasteiger partial charge in [-0.2, -0.15) is 0 Å². The standard InChI is InChI=1S/C18H37NO/c1-4-6-7-8-9-10-11-12-18(19-13-5-2)17-14-16(3)20-15-17/h16-19H,4-15H2,1-3H3. The van der Waals surface area contributed by atoms with Crippen LogP contribution in [-0.4, -0.2) is 25.3 Å². The number of rotatable bonds is 12. The molecule has 20 heavy (non-hydrogen) atoms. The molecule has 1 rings (SSSR count). The summed E-state index contributed by atoms with van der Waals surface area (Å²) in [5, 5.41) is 3.76. The first kappa shape index (κ1) is 18.0. The van der Waals surface area contributed by atoms with Crippen molar-refractivity contribution in [1.82, 2.24) is 5.32 Å². The maximum absolute atomic E-state index is 5.76. The van der Waals surface area contributed by atoms with Gasteiger partial charge >= 0.3 is 0 Å². The molecule has 0 bridgehead atoms. The average Bonchev–Trinajstić information content (AvgIpc) is 2.87. The summed E-state index contributed by atoms with van der Waals surface area (Å²) in [7, 11) is 0. The van der Waals surface area contributed by atoms with Crippen molar-refractivity contribution in [3.8, 4) is 0 Å². The molecule has 1 N–H and O–H groups in total. The van der Waals surface area contributed by atoms with Gasteiger partial charge in [0, 0.05) is 12.0 Å². The quantitative estimate of drug-likeness (QED) is 0.513. The fraction of sp³-hybridized carbons (Fsp3) is 1.00. The Kier molecular flexibility index (Phi) is 10.4. The largest absolute Gasteiger partial charge is 0.378 e. The zero-order chi connectivity index (χ0) is 14.6. The van der Waals surface area contributed by atoms with Crippen LogP contribution in [0, 0.1) is 5.92 Å². The Balaban J connectivity index is 2.13. The second-order valence-electron chi connectivity index (χ2n) is 6.61. The van der Waals surface area contributed by atoms with Crippen molar-refractivity contribution in [3.05, 3.63) is 0 Å². The Bertz CT molecular complexity index is 219. The molecule has 1 aliphatic rings. The van der Waals surface area contributed by atoms with Crippen LogP contribution in [0.15, 0.2) is 0 Å². The van der Waals surface area contributed by atoms with Crippen LogP contribution in [0.25, 0.3) is 0 Å². The van der Waals surface area contributed by atoms with Crippen molar-refractivity contribution in [2.24, 2.45) is 5.92 Å². The topological polar surface area (TPSA) is 21.3 Å². The van der Waals surface area contributed by atoms with E-state index in [1.807, 2.05) is 0 Å². The molecule has 0 radical (unpaired) electrons. The molecule has 0 aromatic rings.